The monoisotopic (exact) mass is 644 g/mol. The van der Waals surface area contributed by atoms with Crippen molar-refractivity contribution in [2.45, 2.75) is 6.42 Å². The highest BCUT2D eigenvalue weighted by Gasteiger charge is 2.68. The van der Waals surface area contributed by atoms with Crippen LogP contribution in [0.5, 0.6) is 11.5 Å². The molecule has 11 heteroatoms. The fraction of sp³-hybridized carbons (Fsp3) is 0.265. The second-order valence-corrected chi connectivity index (χ2v) is 12.5. The van der Waals surface area contributed by atoms with Crippen molar-refractivity contribution in [2.24, 2.45) is 35.5 Å². The molecular formula is C34H26Cl2N2O7. The van der Waals surface area contributed by atoms with E-state index in [4.69, 9.17) is 32.7 Å². The Morgan fingerprint density at radius 3 is 2.07 bits per heavy atom. The second kappa shape index (κ2) is 11.2. The standard InChI is InChI=1S/C34H26Cl2N2O7/c1-44-21-4-2-3-19(13-21)34(43)45-20-8-5-17(6-9-20)28(39)16-37(31(40)18-7-12-26(35)27(36)14-18)38-32(41)29-22-10-11-23(25-15-24(22)25)30(29)33(38)42/h2-14,22-25,29-30H,15-16H2,1H3/t22-,23-,24-,25-,29-,30+/m0/s1. The number of rotatable bonds is 8. The van der Waals surface area contributed by atoms with Crippen LogP contribution in [0.15, 0.2) is 78.9 Å². The number of hydrazine groups is 1. The SMILES string of the molecule is COc1cccc(C(=O)Oc2ccc(C(=O)CN(C(=O)c3ccc(Cl)c(Cl)c3)N3C(=O)[C@@H]4[C@H]5C=C[C@@H]([C@@H]6C[C@@H]56)[C@@H]4C3=O)cc2)c1. The van der Waals surface area contributed by atoms with Gasteiger partial charge in [-0.25, -0.2) is 9.80 Å². The maximum absolute atomic E-state index is 13.9. The Kier molecular flexibility index (Phi) is 7.25. The van der Waals surface area contributed by atoms with E-state index in [1.807, 2.05) is 12.2 Å². The summed E-state index contributed by atoms with van der Waals surface area (Å²) in [6.45, 7) is -0.589. The van der Waals surface area contributed by atoms with Crippen LogP contribution in [0, 0.1) is 35.5 Å². The molecule has 0 radical (unpaired) electrons. The van der Waals surface area contributed by atoms with Crippen LogP contribution in [0.2, 0.25) is 10.0 Å². The van der Waals surface area contributed by atoms with Gasteiger partial charge < -0.3 is 9.47 Å². The summed E-state index contributed by atoms with van der Waals surface area (Å²) in [7, 11) is 1.49. The predicted octanol–water partition coefficient (Wildman–Crippen LogP) is 5.51. The first-order valence-corrected chi connectivity index (χ1v) is 15.2. The molecule has 3 aromatic rings. The van der Waals surface area contributed by atoms with Crippen molar-refractivity contribution in [1.82, 2.24) is 10.0 Å². The van der Waals surface area contributed by atoms with Gasteiger partial charge in [0.15, 0.2) is 5.78 Å². The number of nitrogens with zero attached hydrogens (tertiary/aromatic N) is 2. The van der Waals surface area contributed by atoms with Crippen molar-refractivity contribution < 1.29 is 33.4 Å². The van der Waals surface area contributed by atoms with E-state index in [0.29, 0.717) is 17.6 Å². The number of benzene rings is 3. The van der Waals surface area contributed by atoms with E-state index in [-0.39, 0.29) is 44.3 Å². The fourth-order valence-electron chi connectivity index (χ4n) is 7.04. The zero-order chi connectivity index (χ0) is 31.6. The predicted molar refractivity (Wildman–Crippen MR) is 163 cm³/mol. The molecule has 1 aliphatic heterocycles. The molecule has 0 aromatic heterocycles. The van der Waals surface area contributed by atoms with Crippen LogP contribution in [-0.2, 0) is 9.59 Å². The van der Waals surface area contributed by atoms with Crippen molar-refractivity contribution >= 4 is 52.7 Å². The number of esters is 1. The van der Waals surface area contributed by atoms with Gasteiger partial charge in [-0.1, -0.05) is 41.4 Å². The molecular weight excluding hydrogens is 619 g/mol. The molecule has 6 atom stereocenters. The summed E-state index contributed by atoms with van der Waals surface area (Å²) in [5.74, 6) is -2.64. The third-order valence-corrected chi connectivity index (χ3v) is 10.0. The molecule has 3 amide bonds. The van der Waals surface area contributed by atoms with Gasteiger partial charge in [-0.15, -0.1) is 0 Å². The molecule has 5 aliphatic rings. The topological polar surface area (TPSA) is 110 Å². The first kappa shape index (κ1) is 29.3. The van der Waals surface area contributed by atoms with Gasteiger partial charge in [-0.2, -0.15) is 5.01 Å². The molecule has 0 spiro atoms. The van der Waals surface area contributed by atoms with Gasteiger partial charge in [0, 0.05) is 11.1 Å². The highest BCUT2D eigenvalue weighted by Crippen LogP contribution is 2.65. The van der Waals surface area contributed by atoms with E-state index < -0.39 is 47.9 Å². The third kappa shape index (κ3) is 5.00. The minimum absolute atomic E-state index is 0.0590. The highest BCUT2D eigenvalue weighted by molar-refractivity contribution is 6.42. The van der Waals surface area contributed by atoms with E-state index >= 15 is 0 Å². The smallest absolute Gasteiger partial charge is 0.343 e. The van der Waals surface area contributed by atoms with Crippen LogP contribution < -0.4 is 9.47 Å². The van der Waals surface area contributed by atoms with Crippen LogP contribution in [-0.4, -0.2) is 53.1 Å². The van der Waals surface area contributed by atoms with Crippen LogP contribution in [0.3, 0.4) is 0 Å². The minimum atomic E-state index is -0.739. The molecule has 228 valence electrons. The third-order valence-electron chi connectivity index (χ3n) is 9.27. The number of hydrogen-bond donors (Lipinski definition) is 0. The summed E-state index contributed by atoms with van der Waals surface area (Å²) in [5, 5.41) is 2.14. The number of ketones is 1. The number of imide groups is 1. The molecule has 1 saturated heterocycles. The number of methoxy groups -OCH3 is 1. The van der Waals surface area contributed by atoms with Crippen molar-refractivity contribution in [1.29, 1.82) is 0 Å². The Balaban J connectivity index is 1.14. The number of carbonyl (C=O) groups is 5. The Morgan fingerprint density at radius 1 is 0.800 bits per heavy atom. The highest BCUT2D eigenvalue weighted by atomic mass is 35.5. The zero-order valence-corrected chi connectivity index (χ0v) is 25.4. The van der Waals surface area contributed by atoms with Gasteiger partial charge >= 0.3 is 5.97 Å². The molecule has 45 heavy (non-hydrogen) atoms. The lowest BCUT2D eigenvalue weighted by Gasteiger charge is -2.37. The molecule has 1 heterocycles. The maximum atomic E-state index is 13.9. The van der Waals surface area contributed by atoms with E-state index in [1.165, 1.54) is 49.6 Å². The van der Waals surface area contributed by atoms with Crippen LogP contribution in [0.25, 0.3) is 0 Å². The molecule has 3 fully saturated rings. The minimum Gasteiger partial charge on any atom is -0.497 e. The van der Waals surface area contributed by atoms with Gasteiger partial charge in [-0.05, 0) is 90.8 Å². The van der Waals surface area contributed by atoms with Crippen LogP contribution in [0.4, 0.5) is 0 Å². The number of allylic oxidation sites excluding steroid dienone is 2. The van der Waals surface area contributed by atoms with Crippen molar-refractivity contribution in [2.75, 3.05) is 13.7 Å². The van der Waals surface area contributed by atoms with Gasteiger partial charge in [0.25, 0.3) is 17.7 Å². The Bertz CT molecular complexity index is 1770. The van der Waals surface area contributed by atoms with Crippen molar-refractivity contribution in [3.63, 3.8) is 0 Å². The zero-order valence-electron chi connectivity index (χ0n) is 23.9. The average Bonchev–Trinajstić information content (AvgIpc) is 3.84. The number of carbonyl (C=O) groups excluding carboxylic acids is 5. The lowest BCUT2D eigenvalue weighted by Crippen LogP contribution is -2.52. The van der Waals surface area contributed by atoms with E-state index in [1.54, 1.807) is 24.3 Å². The largest absolute Gasteiger partial charge is 0.497 e. The van der Waals surface area contributed by atoms with E-state index in [0.717, 1.165) is 16.4 Å². The summed E-state index contributed by atoms with van der Waals surface area (Å²) in [6.07, 6.45) is 5.06. The first-order valence-electron chi connectivity index (χ1n) is 14.5. The Hall–Kier alpha value is -4.47. The lowest BCUT2D eigenvalue weighted by molar-refractivity contribution is -0.154. The van der Waals surface area contributed by atoms with Gasteiger partial charge in [-0.3, -0.25) is 19.2 Å². The number of hydrogen-bond acceptors (Lipinski definition) is 7. The normalized spacial score (nSPS) is 25.4. The van der Waals surface area contributed by atoms with Crippen molar-refractivity contribution in [3.8, 4) is 11.5 Å². The van der Waals surface area contributed by atoms with Gasteiger partial charge in [0.05, 0.1) is 34.6 Å². The Labute approximate surface area is 268 Å². The molecule has 2 bridgehead atoms. The molecule has 8 rings (SSSR count). The van der Waals surface area contributed by atoms with E-state index in [9.17, 15) is 24.0 Å². The summed E-state index contributed by atoms with van der Waals surface area (Å²) >= 11 is 12.2. The molecule has 2 saturated carbocycles. The maximum Gasteiger partial charge on any atom is 0.343 e. The summed E-state index contributed by atoms with van der Waals surface area (Å²) in [6, 6.07) is 16.5. The molecule has 0 N–H and O–H groups in total. The first-order chi connectivity index (χ1) is 21.7. The number of ether oxygens (including phenoxy) is 2. The molecule has 0 unspecified atom stereocenters. The van der Waals surface area contributed by atoms with Crippen LogP contribution >= 0.6 is 23.2 Å². The molecule has 4 aliphatic carbocycles. The number of amides is 3. The van der Waals surface area contributed by atoms with Crippen molar-refractivity contribution in [3.05, 3.63) is 106 Å². The summed E-state index contributed by atoms with van der Waals surface area (Å²) < 4.78 is 10.6. The van der Waals surface area contributed by atoms with Gasteiger partial charge in [0.1, 0.15) is 18.0 Å². The van der Waals surface area contributed by atoms with E-state index in [2.05, 4.69) is 0 Å². The van der Waals surface area contributed by atoms with Gasteiger partial charge in [0.2, 0.25) is 0 Å². The van der Waals surface area contributed by atoms with Crippen LogP contribution in [0.1, 0.15) is 37.5 Å². The summed E-state index contributed by atoms with van der Waals surface area (Å²) in [5.41, 5.74) is 0.534. The molecule has 3 aromatic carbocycles. The number of Topliss-reactive ketones (excluding diaryl/α,β-unsaturated/α-hetero) is 1. The lowest BCUT2D eigenvalue weighted by atomic mass is 9.63. The Morgan fingerprint density at radius 2 is 1.44 bits per heavy atom. The fourth-order valence-corrected chi connectivity index (χ4v) is 7.34. The average molecular weight is 645 g/mol. The quantitative estimate of drug-likeness (QED) is 0.104. The molecule has 9 nitrogen and oxygen atoms in total. The second-order valence-electron chi connectivity index (χ2n) is 11.7. The number of halogens is 2. The summed E-state index contributed by atoms with van der Waals surface area (Å²) in [4.78, 5) is 67.9.